The summed E-state index contributed by atoms with van der Waals surface area (Å²) in [7, 11) is 0. The monoisotopic (exact) mass is 354 g/mol. The molecule has 3 aromatic rings. The normalized spacial score (nSPS) is 12.7. The van der Waals surface area contributed by atoms with E-state index in [1.54, 1.807) is 18.2 Å². The lowest BCUT2D eigenvalue weighted by Gasteiger charge is -2.04. The molecule has 1 N–H and O–H groups in total. The predicted octanol–water partition coefficient (Wildman–Crippen LogP) is 2.78. The van der Waals surface area contributed by atoms with E-state index in [-0.39, 0.29) is 17.9 Å². The van der Waals surface area contributed by atoms with E-state index < -0.39 is 0 Å². The van der Waals surface area contributed by atoms with Gasteiger partial charge in [0.25, 0.3) is 5.91 Å². The molecule has 2 aromatic heterocycles. The summed E-state index contributed by atoms with van der Waals surface area (Å²) < 4.78 is 10.7. The molecule has 0 atom stereocenters. The van der Waals surface area contributed by atoms with Crippen LogP contribution in [0.1, 0.15) is 15.9 Å². The minimum Gasteiger partial charge on any atom is -0.454 e. The molecule has 3 heterocycles. The maximum Gasteiger partial charge on any atom is 0.271 e. The van der Waals surface area contributed by atoms with E-state index >= 15 is 0 Å². The SMILES string of the molecule is O=C(NN=Cc1cc2cc3c(cc2nc1Cl)OCO3)c1ccncc1. The van der Waals surface area contributed by atoms with Crippen LogP contribution < -0.4 is 14.9 Å². The third-order valence-electron chi connectivity index (χ3n) is 3.60. The molecule has 0 bridgehead atoms. The fourth-order valence-electron chi connectivity index (χ4n) is 2.38. The first-order chi connectivity index (χ1) is 12.2. The van der Waals surface area contributed by atoms with Gasteiger partial charge in [0.1, 0.15) is 5.15 Å². The molecule has 0 saturated carbocycles. The van der Waals surface area contributed by atoms with Gasteiger partial charge in [-0.05, 0) is 24.3 Å². The Morgan fingerprint density at radius 3 is 2.76 bits per heavy atom. The van der Waals surface area contributed by atoms with Gasteiger partial charge < -0.3 is 9.47 Å². The Morgan fingerprint density at radius 1 is 1.20 bits per heavy atom. The number of nitrogens with one attached hydrogen (secondary N) is 1. The summed E-state index contributed by atoms with van der Waals surface area (Å²) >= 11 is 6.19. The molecule has 25 heavy (non-hydrogen) atoms. The van der Waals surface area contributed by atoms with Crippen LogP contribution in [0.4, 0.5) is 0 Å². The number of aromatic nitrogens is 2. The van der Waals surface area contributed by atoms with Gasteiger partial charge in [0.05, 0.1) is 11.7 Å². The Kier molecular flexibility index (Phi) is 3.91. The van der Waals surface area contributed by atoms with Gasteiger partial charge >= 0.3 is 0 Å². The maximum absolute atomic E-state index is 11.9. The first-order valence-corrected chi connectivity index (χ1v) is 7.72. The number of amides is 1. The predicted molar refractivity (Wildman–Crippen MR) is 92.2 cm³/mol. The maximum atomic E-state index is 11.9. The van der Waals surface area contributed by atoms with Crippen molar-refractivity contribution in [3.05, 3.63) is 59.0 Å². The molecule has 1 aliphatic rings. The number of ether oxygens (including phenoxy) is 2. The number of fused-ring (bicyclic) bond motifs is 2. The van der Waals surface area contributed by atoms with Crippen LogP contribution in [-0.2, 0) is 0 Å². The number of benzene rings is 1. The molecule has 124 valence electrons. The number of hydrazone groups is 1. The Morgan fingerprint density at radius 2 is 1.96 bits per heavy atom. The third kappa shape index (κ3) is 3.09. The van der Waals surface area contributed by atoms with Gasteiger partial charge in [-0.25, -0.2) is 10.4 Å². The fourth-order valence-corrected chi connectivity index (χ4v) is 2.57. The molecule has 0 fully saturated rings. The van der Waals surface area contributed by atoms with Gasteiger partial charge in [-0.2, -0.15) is 5.10 Å². The van der Waals surface area contributed by atoms with Crippen molar-refractivity contribution in [1.82, 2.24) is 15.4 Å². The van der Waals surface area contributed by atoms with Crippen molar-refractivity contribution in [3.8, 4) is 11.5 Å². The molecular formula is C17H11ClN4O3. The lowest BCUT2D eigenvalue weighted by molar-refractivity contribution is 0.0955. The molecule has 4 rings (SSSR count). The largest absolute Gasteiger partial charge is 0.454 e. The third-order valence-corrected chi connectivity index (χ3v) is 3.90. The van der Waals surface area contributed by atoms with E-state index in [1.807, 2.05) is 12.1 Å². The molecule has 7 nitrogen and oxygen atoms in total. The minimum atomic E-state index is -0.341. The van der Waals surface area contributed by atoms with Crippen LogP contribution in [0.25, 0.3) is 10.9 Å². The molecule has 0 aliphatic carbocycles. The second-order valence-electron chi connectivity index (χ2n) is 5.20. The van der Waals surface area contributed by atoms with Crippen LogP contribution in [0.15, 0.2) is 47.8 Å². The van der Waals surface area contributed by atoms with Gasteiger partial charge in [0.15, 0.2) is 11.5 Å². The zero-order valence-corrected chi connectivity index (χ0v) is 13.5. The number of rotatable bonds is 3. The zero-order valence-electron chi connectivity index (χ0n) is 12.8. The van der Waals surface area contributed by atoms with Crippen LogP contribution in [-0.4, -0.2) is 28.9 Å². The molecule has 1 aliphatic heterocycles. The minimum absolute atomic E-state index is 0.189. The molecule has 8 heteroatoms. The van der Waals surface area contributed by atoms with E-state index in [0.717, 1.165) is 5.39 Å². The van der Waals surface area contributed by atoms with Crippen LogP contribution in [0.3, 0.4) is 0 Å². The lowest BCUT2D eigenvalue weighted by atomic mass is 10.1. The highest BCUT2D eigenvalue weighted by Gasteiger charge is 2.15. The van der Waals surface area contributed by atoms with Crippen molar-refractivity contribution in [2.75, 3.05) is 6.79 Å². The van der Waals surface area contributed by atoms with Gasteiger partial charge in [-0.3, -0.25) is 9.78 Å². The summed E-state index contributed by atoms with van der Waals surface area (Å²) in [5.74, 6) is 0.958. The second kappa shape index (κ2) is 6.37. The summed E-state index contributed by atoms with van der Waals surface area (Å²) in [6.45, 7) is 0.189. The highest BCUT2D eigenvalue weighted by molar-refractivity contribution is 6.32. The van der Waals surface area contributed by atoms with Crippen molar-refractivity contribution < 1.29 is 14.3 Å². The van der Waals surface area contributed by atoms with Crippen molar-refractivity contribution in [3.63, 3.8) is 0 Å². The Labute approximate surface area is 147 Å². The van der Waals surface area contributed by atoms with E-state index in [9.17, 15) is 4.79 Å². The van der Waals surface area contributed by atoms with Gasteiger partial charge in [-0.1, -0.05) is 11.6 Å². The summed E-state index contributed by atoms with van der Waals surface area (Å²) in [5, 5.41) is 5.03. The molecule has 0 saturated heterocycles. The van der Waals surface area contributed by atoms with E-state index in [4.69, 9.17) is 21.1 Å². The Balaban J connectivity index is 1.57. The van der Waals surface area contributed by atoms with Crippen LogP contribution in [0, 0.1) is 0 Å². The first-order valence-electron chi connectivity index (χ1n) is 7.34. The topological polar surface area (TPSA) is 85.7 Å². The van der Waals surface area contributed by atoms with Gasteiger partial charge in [-0.15, -0.1) is 0 Å². The number of carbonyl (C=O) groups excluding carboxylic acids is 1. The number of nitrogens with zero attached hydrogens (tertiary/aromatic N) is 3. The van der Waals surface area contributed by atoms with Crippen molar-refractivity contribution in [2.24, 2.45) is 5.10 Å². The molecule has 0 spiro atoms. The van der Waals surface area contributed by atoms with Crippen molar-refractivity contribution >= 4 is 34.6 Å². The van der Waals surface area contributed by atoms with Crippen LogP contribution in [0.5, 0.6) is 11.5 Å². The molecular weight excluding hydrogens is 344 g/mol. The summed E-state index contributed by atoms with van der Waals surface area (Å²) in [4.78, 5) is 20.1. The molecule has 0 radical (unpaired) electrons. The summed E-state index contributed by atoms with van der Waals surface area (Å²) in [6, 6.07) is 8.61. The second-order valence-corrected chi connectivity index (χ2v) is 5.56. The van der Waals surface area contributed by atoms with E-state index in [2.05, 4.69) is 20.5 Å². The molecule has 1 amide bonds. The quantitative estimate of drug-likeness (QED) is 0.444. The Hall–Kier alpha value is -3.19. The van der Waals surface area contributed by atoms with Crippen LogP contribution in [0.2, 0.25) is 5.15 Å². The summed E-state index contributed by atoms with van der Waals surface area (Å²) in [5.41, 5.74) is 4.16. The zero-order chi connectivity index (χ0) is 17.2. The van der Waals surface area contributed by atoms with Gasteiger partial charge in [0, 0.05) is 35.0 Å². The molecule has 0 unspecified atom stereocenters. The Bertz CT molecular complexity index is 992. The fraction of sp³-hybridized carbons (Fsp3) is 0.0588. The van der Waals surface area contributed by atoms with E-state index in [1.165, 1.54) is 18.6 Å². The standard InChI is InChI=1S/C17H11ClN4O3/c18-16-12(8-20-22-17(23)10-1-3-19-4-2-10)5-11-6-14-15(25-9-24-14)7-13(11)21-16/h1-8H,9H2,(H,22,23). The highest BCUT2D eigenvalue weighted by Crippen LogP contribution is 2.36. The number of halogens is 1. The first kappa shape index (κ1) is 15.3. The number of hydrogen-bond acceptors (Lipinski definition) is 6. The average molecular weight is 355 g/mol. The highest BCUT2D eigenvalue weighted by atomic mass is 35.5. The van der Waals surface area contributed by atoms with Crippen molar-refractivity contribution in [2.45, 2.75) is 0 Å². The average Bonchev–Trinajstić information content (AvgIpc) is 3.08. The lowest BCUT2D eigenvalue weighted by Crippen LogP contribution is -2.17. The smallest absolute Gasteiger partial charge is 0.271 e. The number of pyridine rings is 2. The molecule has 1 aromatic carbocycles. The van der Waals surface area contributed by atoms with E-state index in [0.29, 0.717) is 28.1 Å². The van der Waals surface area contributed by atoms with Crippen LogP contribution >= 0.6 is 11.6 Å². The van der Waals surface area contributed by atoms with Crippen molar-refractivity contribution in [1.29, 1.82) is 0 Å². The summed E-state index contributed by atoms with van der Waals surface area (Å²) in [6.07, 6.45) is 4.51. The number of hydrogen-bond donors (Lipinski definition) is 1. The van der Waals surface area contributed by atoms with Gasteiger partial charge in [0.2, 0.25) is 6.79 Å². The number of carbonyl (C=O) groups is 1.